The van der Waals surface area contributed by atoms with Crippen molar-refractivity contribution in [1.29, 1.82) is 0 Å². The summed E-state index contributed by atoms with van der Waals surface area (Å²) in [5, 5.41) is 16.0. The molecule has 0 unspecified atom stereocenters. The van der Waals surface area contributed by atoms with Crippen molar-refractivity contribution in [3.8, 4) is 17.1 Å². The van der Waals surface area contributed by atoms with Crippen molar-refractivity contribution in [1.82, 2.24) is 19.8 Å². The molecule has 0 spiro atoms. The van der Waals surface area contributed by atoms with E-state index < -0.39 is 5.41 Å². The van der Waals surface area contributed by atoms with Gasteiger partial charge >= 0.3 is 0 Å². The highest BCUT2D eigenvalue weighted by molar-refractivity contribution is 7.20. The lowest BCUT2D eigenvalue weighted by molar-refractivity contribution is -0.123. The first-order chi connectivity index (χ1) is 11.4. The van der Waals surface area contributed by atoms with Crippen LogP contribution in [0.2, 0.25) is 0 Å². The molecule has 0 aliphatic carbocycles. The second kappa shape index (κ2) is 6.20. The molecule has 2 aromatic heterocycles. The predicted molar refractivity (Wildman–Crippen MR) is 93.3 cm³/mol. The summed E-state index contributed by atoms with van der Waals surface area (Å²) in [6.45, 7) is 8.13. The second-order valence-electron chi connectivity index (χ2n) is 6.29. The van der Waals surface area contributed by atoms with Crippen molar-refractivity contribution >= 4 is 27.3 Å². The number of rotatable bonds is 4. The zero-order chi connectivity index (χ0) is 17.3. The highest BCUT2D eigenvalue weighted by atomic mass is 32.1. The first-order valence-corrected chi connectivity index (χ1v) is 8.47. The average molecular weight is 345 g/mol. The fourth-order valence-electron chi connectivity index (χ4n) is 2.00. The molecule has 1 amide bonds. The molecule has 2 heterocycles. The summed E-state index contributed by atoms with van der Waals surface area (Å²) in [6, 6.07) is 7.59. The van der Waals surface area contributed by atoms with Gasteiger partial charge in [0.25, 0.3) is 0 Å². The Morgan fingerprint density at radius 3 is 2.58 bits per heavy atom. The monoisotopic (exact) mass is 345 g/mol. The van der Waals surface area contributed by atoms with E-state index in [1.54, 1.807) is 4.52 Å². The van der Waals surface area contributed by atoms with E-state index in [-0.39, 0.29) is 5.91 Å². The number of hydrogen-bond donors (Lipinski definition) is 1. The van der Waals surface area contributed by atoms with Crippen LogP contribution >= 0.6 is 11.3 Å². The maximum Gasteiger partial charge on any atom is 0.236 e. The minimum atomic E-state index is -0.482. The number of hydrogen-bond acceptors (Lipinski definition) is 6. The summed E-state index contributed by atoms with van der Waals surface area (Å²) < 4.78 is 7.08. The van der Waals surface area contributed by atoms with Crippen molar-refractivity contribution in [2.75, 3.05) is 11.9 Å². The molecular weight excluding hydrogens is 326 g/mol. The molecule has 0 fully saturated rings. The number of benzene rings is 1. The van der Waals surface area contributed by atoms with Crippen LogP contribution < -0.4 is 10.1 Å². The first kappa shape index (κ1) is 16.4. The number of carbonyl (C=O) groups is 1. The Bertz CT molecular complexity index is 861. The van der Waals surface area contributed by atoms with E-state index in [0.717, 1.165) is 11.3 Å². The summed E-state index contributed by atoms with van der Waals surface area (Å²) >= 11 is 1.29. The number of aromatic nitrogens is 4. The quantitative estimate of drug-likeness (QED) is 0.785. The van der Waals surface area contributed by atoms with E-state index in [9.17, 15) is 4.79 Å². The lowest BCUT2D eigenvalue weighted by Gasteiger charge is -2.15. The van der Waals surface area contributed by atoms with Crippen molar-refractivity contribution in [3.63, 3.8) is 0 Å². The van der Waals surface area contributed by atoms with E-state index in [4.69, 9.17) is 4.74 Å². The smallest absolute Gasteiger partial charge is 0.236 e. The zero-order valence-electron chi connectivity index (χ0n) is 14.0. The Balaban J connectivity index is 1.89. The lowest BCUT2D eigenvalue weighted by atomic mass is 9.96. The third-order valence-corrected chi connectivity index (χ3v) is 4.13. The van der Waals surface area contributed by atoms with Gasteiger partial charge in [0, 0.05) is 11.0 Å². The Kier molecular flexibility index (Phi) is 4.23. The van der Waals surface area contributed by atoms with Crippen LogP contribution in [0.15, 0.2) is 24.3 Å². The topological polar surface area (TPSA) is 81.4 Å². The molecular formula is C16H19N5O2S. The van der Waals surface area contributed by atoms with Gasteiger partial charge in [-0.05, 0) is 31.2 Å². The van der Waals surface area contributed by atoms with Crippen LogP contribution in [-0.2, 0) is 4.79 Å². The van der Waals surface area contributed by atoms with Crippen LogP contribution in [0.4, 0.5) is 5.13 Å². The van der Waals surface area contributed by atoms with Crippen molar-refractivity contribution in [3.05, 3.63) is 24.3 Å². The van der Waals surface area contributed by atoms with Crippen molar-refractivity contribution in [2.45, 2.75) is 27.7 Å². The van der Waals surface area contributed by atoms with E-state index in [0.29, 0.717) is 22.5 Å². The fourth-order valence-corrected chi connectivity index (χ4v) is 2.73. The number of nitrogens with zero attached hydrogens (tertiary/aromatic N) is 4. The summed E-state index contributed by atoms with van der Waals surface area (Å²) in [7, 11) is 0. The number of fused-ring (bicyclic) bond motifs is 1. The van der Waals surface area contributed by atoms with Crippen molar-refractivity contribution in [2.24, 2.45) is 5.41 Å². The molecule has 0 saturated carbocycles. The summed E-state index contributed by atoms with van der Waals surface area (Å²) in [6.07, 6.45) is 0. The van der Waals surface area contributed by atoms with Gasteiger partial charge in [0.15, 0.2) is 5.82 Å². The van der Waals surface area contributed by atoms with Gasteiger partial charge in [-0.3, -0.25) is 4.79 Å². The van der Waals surface area contributed by atoms with Crippen LogP contribution in [0.5, 0.6) is 5.75 Å². The van der Waals surface area contributed by atoms with Crippen LogP contribution in [0.25, 0.3) is 16.3 Å². The zero-order valence-corrected chi connectivity index (χ0v) is 14.8. The van der Waals surface area contributed by atoms with Gasteiger partial charge in [0.05, 0.1) is 6.61 Å². The third kappa shape index (κ3) is 3.23. The molecule has 0 atom stereocenters. The molecule has 7 nitrogen and oxygen atoms in total. The molecule has 24 heavy (non-hydrogen) atoms. The SMILES string of the molecule is CCOc1ccc(-c2nnc3sc(NC(=O)C(C)(C)C)nn23)cc1. The molecule has 0 bridgehead atoms. The Hall–Kier alpha value is -2.48. The molecule has 3 rings (SSSR count). The van der Waals surface area contributed by atoms with Crippen LogP contribution in [0, 0.1) is 5.41 Å². The molecule has 8 heteroatoms. The van der Waals surface area contributed by atoms with Gasteiger partial charge in [-0.15, -0.1) is 15.3 Å². The minimum Gasteiger partial charge on any atom is -0.494 e. The number of ether oxygens (including phenoxy) is 1. The molecule has 1 aromatic carbocycles. The maximum atomic E-state index is 12.1. The summed E-state index contributed by atoms with van der Waals surface area (Å²) in [5.41, 5.74) is 0.397. The van der Waals surface area contributed by atoms with Crippen LogP contribution in [0.3, 0.4) is 0 Å². The van der Waals surface area contributed by atoms with Gasteiger partial charge < -0.3 is 10.1 Å². The van der Waals surface area contributed by atoms with Gasteiger partial charge in [-0.2, -0.15) is 4.52 Å². The molecule has 0 aliphatic rings. The lowest BCUT2D eigenvalue weighted by Crippen LogP contribution is -2.27. The van der Waals surface area contributed by atoms with Gasteiger partial charge in [-0.1, -0.05) is 32.1 Å². The highest BCUT2D eigenvalue weighted by Gasteiger charge is 2.23. The number of carbonyl (C=O) groups excluding carboxylic acids is 1. The minimum absolute atomic E-state index is 0.0879. The highest BCUT2D eigenvalue weighted by Crippen LogP contribution is 2.26. The Morgan fingerprint density at radius 1 is 1.25 bits per heavy atom. The molecule has 0 aliphatic heterocycles. The number of anilines is 1. The third-order valence-electron chi connectivity index (χ3n) is 3.32. The Morgan fingerprint density at radius 2 is 1.96 bits per heavy atom. The van der Waals surface area contributed by atoms with Crippen LogP contribution in [0.1, 0.15) is 27.7 Å². The van der Waals surface area contributed by atoms with E-state index in [1.807, 2.05) is 52.0 Å². The molecule has 3 aromatic rings. The second-order valence-corrected chi connectivity index (χ2v) is 7.24. The van der Waals surface area contributed by atoms with Crippen LogP contribution in [-0.4, -0.2) is 32.3 Å². The maximum absolute atomic E-state index is 12.1. The normalized spacial score (nSPS) is 11.7. The molecule has 126 valence electrons. The number of amides is 1. The largest absolute Gasteiger partial charge is 0.494 e. The molecule has 0 saturated heterocycles. The van der Waals surface area contributed by atoms with E-state index in [2.05, 4.69) is 20.6 Å². The Labute approximate surface area is 143 Å². The number of nitrogens with one attached hydrogen (secondary N) is 1. The predicted octanol–water partition coefficient (Wildman–Crippen LogP) is 3.24. The molecule has 1 N–H and O–H groups in total. The summed E-state index contributed by atoms with van der Waals surface area (Å²) in [4.78, 5) is 12.7. The van der Waals surface area contributed by atoms with E-state index in [1.165, 1.54) is 11.3 Å². The van der Waals surface area contributed by atoms with Crippen molar-refractivity contribution < 1.29 is 9.53 Å². The fraction of sp³-hybridized carbons (Fsp3) is 0.375. The van der Waals surface area contributed by atoms with E-state index >= 15 is 0 Å². The first-order valence-electron chi connectivity index (χ1n) is 7.65. The van der Waals surface area contributed by atoms with Gasteiger partial charge in [0.1, 0.15) is 5.75 Å². The standard InChI is InChI=1S/C16H19N5O2S/c1-5-23-11-8-6-10(7-9-11)12-18-19-15-21(12)20-14(24-15)17-13(22)16(2,3)4/h6-9H,5H2,1-4H3,(H,17,20,22). The van der Waals surface area contributed by atoms with Gasteiger partial charge in [-0.25, -0.2) is 0 Å². The average Bonchev–Trinajstić information content (AvgIpc) is 3.07. The van der Waals surface area contributed by atoms with Gasteiger partial charge in [0.2, 0.25) is 16.0 Å². The molecule has 0 radical (unpaired) electrons. The summed E-state index contributed by atoms with van der Waals surface area (Å²) in [5.74, 6) is 1.34.